The highest BCUT2D eigenvalue weighted by molar-refractivity contribution is 7.21. The van der Waals surface area contributed by atoms with Gasteiger partial charge in [0.25, 0.3) is 5.91 Å². The van der Waals surface area contributed by atoms with Crippen molar-refractivity contribution in [1.29, 1.82) is 0 Å². The lowest BCUT2D eigenvalue weighted by Crippen LogP contribution is -2.34. The highest BCUT2D eigenvalue weighted by Crippen LogP contribution is 2.40. The molecular weight excluding hydrogens is 474 g/mol. The SMILES string of the molecule is CC.CCOCc1cnc(Cl)nc1Nc1cnc2c(ccc3sc4c(c32)NC[C@@H](C)NC4=O)n1. The van der Waals surface area contributed by atoms with Crippen LogP contribution in [0.2, 0.25) is 5.28 Å². The maximum Gasteiger partial charge on any atom is 0.263 e. The molecule has 11 heteroatoms. The molecule has 1 aliphatic rings. The normalized spacial score (nSPS) is 15.1. The molecule has 1 aliphatic heterocycles. The lowest BCUT2D eigenvalue weighted by atomic mass is 10.1. The lowest BCUT2D eigenvalue weighted by molar-refractivity contribution is 0.0949. The molecular formula is C23H26ClN7O2S. The van der Waals surface area contributed by atoms with E-state index in [2.05, 4.69) is 30.9 Å². The number of benzene rings is 1. The molecule has 0 fully saturated rings. The van der Waals surface area contributed by atoms with Crippen molar-refractivity contribution < 1.29 is 9.53 Å². The van der Waals surface area contributed by atoms with E-state index in [1.165, 1.54) is 11.3 Å². The predicted molar refractivity (Wildman–Crippen MR) is 137 cm³/mol. The molecule has 0 saturated heterocycles. The average Bonchev–Trinajstić information content (AvgIpc) is 3.16. The van der Waals surface area contributed by atoms with Gasteiger partial charge in [0, 0.05) is 41.0 Å². The first-order chi connectivity index (χ1) is 16.5. The van der Waals surface area contributed by atoms with Crippen molar-refractivity contribution in [3.05, 3.63) is 40.3 Å². The van der Waals surface area contributed by atoms with Gasteiger partial charge in [-0.2, -0.15) is 0 Å². The minimum Gasteiger partial charge on any atom is -0.381 e. The molecule has 9 nitrogen and oxygen atoms in total. The molecule has 1 aromatic carbocycles. The van der Waals surface area contributed by atoms with Crippen LogP contribution in [0, 0.1) is 0 Å². The van der Waals surface area contributed by atoms with E-state index in [0.29, 0.717) is 41.8 Å². The lowest BCUT2D eigenvalue weighted by Gasteiger charge is -2.11. The molecule has 3 aromatic heterocycles. The van der Waals surface area contributed by atoms with Gasteiger partial charge in [-0.15, -0.1) is 11.3 Å². The third-order valence-electron chi connectivity index (χ3n) is 5.08. The van der Waals surface area contributed by atoms with Gasteiger partial charge in [-0.25, -0.2) is 19.9 Å². The summed E-state index contributed by atoms with van der Waals surface area (Å²) in [5.41, 5.74) is 3.01. The fourth-order valence-electron chi connectivity index (χ4n) is 3.58. The molecule has 1 amide bonds. The summed E-state index contributed by atoms with van der Waals surface area (Å²) >= 11 is 7.44. The van der Waals surface area contributed by atoms with Crippen LogP contribution < -0.4 is 16.0 Å². The fourth-order valence-corrected chi connectivity index (χ4v) is 4.80. The molecule has 4 aromatic rings. The van der Waals surface area contributed by atoms with Crippen LogP contribution >= 0.6 is 22.9 Å². The van der Waals surface area contributed by atoms with Crippen molar-refractivity contribution in [2.45, 2.75) is 40.3 Å². The van der Waals surface area contributed by atoms with Gasteiger partial charge in [0.2, 0.25) is 5.28 Å². The van der Waals surface area contributed by atoms with Crippen molar-refractivity contribution in [1.82, 2.24) is 25.3 Å². The highest BCUT2D eigenvalue weighted by atomic mass is 35.5. The van der Waals surface area contributed by atoms with Crippen molar-refractivity contribution in [2.75, 3.05) is 23.8 Å². The zero-order valence-electron chi connectivity index (χ0n) is 19.4. The molecule has 1 atom stereocenters. The van der Waals surface area contributed by atoms with Gasteiger partial charge < -0.3 is 20.7 Å². The number of halogens is 1. The number of amides is 1. The van der Waals surface area contributed by atoms with Gasteiger partial charge in [-0.1, -0.05) is 13.8 Å². The minimum absolute atomic E-state index is 0.0413. The monoisotopic (exact) mass is 499 g/mol. The molecule has 0 saturated carbocycles. The predicted octanol–water partition coefficient (Wildman–Crippen LogP) is 5.14. The van der Waals surface area contributed by atoms with Crippen LogP contribution in [-0.2, 0) is 11.3 Å². The Morgan fingerprint density at radius 2 is 2.06 bits per heavy atom. The first-order valence-corrected chi connectivity index (χ1v) is 12.4. The number of fused-ring (bicyclic) bond motifs is 5. The van der Waals surface area contributed by atoms with Crippen LogP contribution in [0.25, 0.3) is 21.1 Å². The van der Waals surface area contributed by atoms with Crippen molar-refractivity contribution in [3.8, 4) is 0 Å². The van der Waals surface area contributed by atoms with E-state index in [4.69, 9.17) is 21.3 Å². The third kappa shape index (κ3) is 4.75. The number of nitrogens with one attached hydrogen (secondary N) is 3. The summed E-state index contributed by atoms with van der Waals surface area (Å²) in [6, 6.07) is 3.91. The molecule has 178 valence electrons. The number of hydrogen-bond donors (Lipinski definition) is 3. The second kappa shape index (κ2) is 10.5. The zero-order chi connectivity index (χ0) is 24.2. The summed E-state index contributed by atoms with van der Waals surface area (Å²) in [7, 11) is 0. The van der Waals surface area contributed by atoms with Crippen LogP contribution in [0.1, 0.15) is 42.9 Å². The molecule has 34 heavy (non-hydrogen) atoms. The topological polar surface area (TPSA) is 114 Å². The van der Waals surface area contributed by atoms with Crippen LogP contribution in [0.15, 0.2) is 24.5 Å². The molecule has 0 aliphatic carbocycles. The first kappa shape index (κ1) is 24.1. The Bertz CT molecular complexity index is 1340. The van der Waals surface area contributed by atoms with Crippen molar-refractivity contribution in [2.24, 2.45) is 0 Å². The van der Waals surface area contributed by atoms with Gasteiger partial charge in [0.1, 0.15) is 10.7 Å². The minimum atomic E-state index is -0.0689. The Labute approximate surface area is 206 Å². The Kier molecular flexibility index (Phi) is 7.40. The van der Waals surface area contributed by atoms with E-state index in [0.717, 1.165) is 26.9 Å². The molecule has 0 spiro atoms. The van der Waals surface area contributed by atoms with Crippen molar-refractivity contribution >= 4 is 67.3 Å². The number of ether oxygens (including phenoxy) is 1. The summed E-state index contributed by atoms with van der Waals surface area (Å²) in [5, 5.41) is 10.6. The maximum absolute atomic E-state index is 12.6. The Hall–Kier alpha value is -3.08. The number of carbonyl (C=O) groups is 1. The summed E-state index contributed by atoms with van der Waals surface area (Å²) in [6.07, 6.45) is 3.27. The van der Waals surface area contributed by atoms with E-state index >= 15 is 0 Å². The highest BCUT2D eigenvalue weighted by Gasteiger charge is 2.25. The Morgan fingerprint density at radius 1 is 1.24 bits per heavy atom. The van der Waals surface area contributed by atoms with Crippen molar-refractivity contribution in [3.63, 3.8) is 0 Å². The Morgan fingerprint density at radius 3 is 2.85 bits per heavy atom. The van der Waals surface area contributed by atoms with Gasteiger partial charge >= 0.3 is 0 Å². The van der Waals surface area contributed by atoms with E-state index < -0.39 is 0 Å². The summed E-state index contributed by atoms with van der Waals surface area (Å²) in [4.78, 5) is 31.0. The number of carbonyl (C=O) groups excluding carboxylic acids is 1. The molecule has 3 N–H and O–H groups in total. The second-order valence-corrected chi connectivity index (χ2v) is 8.79. The van der Waals surface area contributed by atoms with Crippen LogP contribution in [0.5, 0.6) is 0 Å². The maximum atomic E-state index is 12.6. The van der Waals surface area contributed by atoms with Crippen LogP contribution in [0.4, 0.5) is 17.3 Å². The smallest absolute Gasteiger partial charge is 0.263 e. The molecule has 0 unspecified atom stereocenters. The molecule has 0 radical (unpaired) electrons. The quantitative estimate of drug-likeness (QED) is 0.323. The number of hydrogen-bond acceptors (Lipinski definition) is 9. The number of aromatic nitrogens is 4. The van der Waals surface area contributed by atoms with E-state index in [-0.39, 0.29) is 17.2 Å². The fraction of sp³-hybridized carbons (Fsp3) is 0.348. The summed E-state index contributed by atoms with van der Waals surface area (Å²) < 4.78 is 6.47. The second-order valence-electron chi connectivity index (χ2n) is 7.40. The van der Waals surface area contributed by atoms with Gasteiger partial charge in [0.05, 0.1) is 29.5 Å². The van der Waals surface area contributed by atoms with Gasteiger partial charge in [-0.05, 0) is 37.6 Å². The van der Waals surface area contributed by atoms with Crippen LogP contribution in [-0.4, -0.2) is 45.0 Å². The standard InChI is InChI=1S/C21H20ClN7O2S.C2H6/c1-3-31-9-11-7-25-21(22)29-19(11)28-14-8-24-16-12(27-14)4-5-13-15(16)17-18(32-13)20(30)26-10(2)6-23-17;1-2/h4-5,7-8,10,23H,3,6,9H2,1-2H3,(H,26,30)(H,25,27,28,29);1-2H3/t10-;/m1./s1. The van der Waals surface area contributed by atoms with Crippen LogP contribution in [0.3, 0.4) is 0 Å². The summed E-state index contributed by atoms with van der Waals surface area (Å²) in [5.74, 6) is 0.968. The average molecular weight is 500 g/mol. The number of rotatable bonds is 5. The largest absolute Gasteiger partial charge is 0.381 e. The summed E-state index contributed by atoms with van der Waals surface area (Å²) in [6.45, 7) is 9.46. The zero-order valence-corrected chi connectivity index (χ0v) is 21.0. The van der Waals surface area contributed by atoms with E-state index in [1.807, 2.05) is 39.8 Å². The molecule has 4 heterocycles. The Balaban J connectivity index is 0.00000133. The molecule has 0 bridgehead atoms. The number of thiophene rings is 1. The molecule has 5 rings (SSSR count). The van der Waals surface area contributed by atoms with Gasteiger partial charge in [-0.3, -0.25) is 4.79 Å². The first-order valence-electron chi connectivity index (χ1n) is 11.2. The third-order valence-corrected chi connectivity index (χ3v) is 6.41. The van der Waals surface area contributed by atoms with E-state index in [9.17, 15) is 4.79 Å². The number of anilines is 3. The van der Waals surface area contributed by atoms with E-state index in [1.54, 1.807) is 12.4 Å². The number of nitrogens with zero attached hydrogens (tertiary/aromatic N) is 4. The van der Waals surface area contributed by atoms with Gasteiger partial charge in [0.15, 0.2) is 5.82 Å².